The Bertz CT molecular complexity index is 1240. The van der Waals surface area contributed by atoms with Crippen LogP contribution in [-0.4, -0.2) is 44.0 Å². The van der Waals surface area contributed by atoms with Gasteiger partial charge >= 0.3 is 5.97 Å². The number of ether oxygens (including phenoxy) is 1. The SMILES string of the molecule is COC(=O)C1=C(C(=O)c2ccc(Cl)cc2)[C@@H](c2ccccc2[N+](=O)[O-])n2nnnc2N1. The topological polar surface area (TPSA) is 142 Å². The molecule has 156 valence electrons. The molecule has 0 spiro atoms. The monoisotopic (exact) mass is 440 g/mol. The molecule has 1 atom stereocenters. The van der Waals surface area contributed by atoms with Crippen LogP contribution in [0.25, 0.3) is 0 Å². The summed E-state index contributed by atoms with van der Waals surface area (Å²) in [4.78, 5) is 37.2. The number of hydrogen-bond donors (Lipinski definition) is 1. The average molecular weight is 441 g/mol. The van der Waals surface area contributed by atoms with Gasteiger partial charge in [0.15, 0.2) is 5.78 Å². The number of aromatic nitrogens is 4. The van der Waals surface area contributed by atoms with Crippen molar-refractivity contribution in [3.05, 3.63) is 86.1 Å². The quantitative estimate of drug-likeness (QED) is 0.274. The molecule has 0 aliphatic carbocycles. The van der Waals surface area contributed by atoms with Crippen LogP contribution in [0.15, 0.2) is 59.8 Å². The van der Waals surface area contributed by atoms with E-state index in [1.807, 2.05) is 0 Å². The highest BCUT2D eigenvalue weighted by molar-refractivity contribution is 6.30. The summed E-state index contributed by atoms with van der Waals surface area (Å²) in [6.45, 7) is 0. The standard InChI is InChI=1S/C19H13ClN6O5/c1-31-18(28)15-14(17(27)10-6-8-11(20)9-7-10)16(25-19(21-15)22-23-24-25)12-4-2-3-5-13(12)26(29)30/h2-9,16H,1H3,(H,21,22,24)/t16-/m1/s1. The van der Waals surface area contributed by atoms with Gasteiger partial charge in [0.2, 0.25) is 5.95 Å². The molecule has 3 aromatic rings. The third-order valence-corrected chi connectivity index (χ3v) is 4.94. The summed E-state index contributed by atoms with van der Waals surface area (Å²) in [7, 11) is 1.15. The molecule has 1 aliphatic heterocycles. The highest BCUT2D eigenvalue weighted by Crippen LogP contribution is 2.40. The van der Waals surface area contributed by atoms with Crippen molar-refractivity contribution in [2.75, 3.05) is 12.4 Å². The number of methoxy groups -OCH3 is 1. The minimum absolute atomic E-state index is 0.0243. The predicted molar refractivity (Wildman–Crippen MR) is 107 cm³/mol. The van der Waals surface area contributed by atoms with Crippen LogP contribution >= 0.6 is 11.6 Å². The molecule has 1 aliphatic rings. The van der Waals surface area contributed by atoms with E-state index in [2.05, 4.69) is 20.8 Å². The minimum Gasteiger partial charge on any atom is -0.464 e. The van der Waals surface area contributed by atoms with Crippen LogP contribution in [-0.2, 0) is 9.53 Å². The van der Waals surface area contributed by atoms with Gasteiger partial charge in [-0.3, -0.25) is 14.9 Å². The van der Waals surface area contributed by atoms with Gasteiger partial charge in [0.1, 0.15) is 11.7 Å². The molecule has 11 nitrogen and oxygen atoms in total. The molecule has 0 radical (unpaired) electrons. The number of rotatable bonds is 5. The number of para-hydroxylation sites is 1. The Morgan fingerprint density at radius 2 is 1.90 bits per heavy atom. The lowest BCUT2D eigenvalue weighted by Gasteiger charge is -2.27. The highest BCUT2D eigenvalue weighted by atomic mass is 35.5. The Balaban J connectivity index is 2.00. The lowest BCUT2D eigenvalue weighted by molar-refractivity contribution is -0.385. The lowest BCUT2D eigenvalue weighted by Crippen LogP contribution is -2.33. The zero-order chi connectivity index (χ0) is 22.1. The third-order valence-electron chi connectivity index (χ3n) is 4.69. The van der Waals surface area contributed by atoms with Crippen LogP contribution < -0.4 is 5.32 Å². The van der Waals surface area contributed by atoms with Crippen molar-refractivity contribution >= 4 is 35.0 Å². The van der Waals surface area contributed by atoms with Gasteiger partial charge in [0.05, 0.1) is 23.2 Å². The second-order valence-electron chi connectivity index (χ2n) is 6.41. The van der Waals surface area contributed by atoms with Crippen LogP contribution in [0.1, 0.15) is 22.0 Å². The second kappa shape index (κ2) is 7.95. The molecular formula is C19H13ClN6O5. The van der Waals surface area contributed by atoms with Gasteiger partial charge < -0.3 is 10.1 Å². The number of carbonyl (C=O) groups excluding carboxylic acids is 2. The predicted octanol–water partition coefficient (Wildman–Crippen LogP) is 2.56. The largest absolute Gasteiger partial charge is 0.464 e. The molecule has 0 saturated carbocycles. The first-order chi connectivity index (χ1) is 14.9. The Kier molecular flexibility index (Phi) is 5.17. The van der Waals surface area contributed by atoms with Crippen LogP contribution in [0.4, 0.5) is 11.6 Å². The van der Waals surface area contributed by atoms with Crippen molar-refractivity contribution in [2.45, 2.75) is 6.04 Å². The molecule has 12 heteroatoms. The second-order valence-corrected chi connectivity index (χ2v) is 6.84. The number of allylic oxidation sites excluding steroid dienone is 1. The Morgan fingerprint density at radius 1 is 1.19 bits per heavy atom. The van der Waals surface area contributed by atoms with Crippen molar-refractivity contribution in [1.82, 2.24) is 20.2 Å². The molecule has 31 heavy (non-hydrogen) atoms. The average Bonchev–Trinajstić information content (AvgIpc) is 3.25. The van der Waals surface area contributed by atoms with Crippen molar-refractivity contribution in [1.29, 1.82) is 0 Å². The summed E-state index contributed by atoms with van der Waals surface area (Å²) in [5.74, 6) is -1.40. The molecule has 2 aromatic carbocycles. The zero-order valence-corrected chi connectivity index (χ0v) is 16.6. The Labute approximate surface area is 179 Å². The first kappa shape index (κ1) is 20.2. The molecule has 4 rings (SSSR count). The summed E-state index contributed by atoms with van der Waals surface area (Å²) >= 11 is 5.92. The number of halogens is 1. The van der Waals surface area contributed by atoms with Crippen molar-refractivity contribution in [3.8, 4) is 0 Å². The number of nitrogens with one attached hydrogen (secondary N) is 1. The number of ketones is 1. The Hall–Kier alpha value is -4.12. The van der Waals surface area contributed by atoms with Crippen molar-refractivity contribution < 1.29 is 19.2 Å². The molecular weight excluding hydrogens is 428 g/mol. The number of fused-ring (bicyclic) bond motifs is 1. The van der Waals surface area contributed by atoms with Gasteiger partial charge in [-0.2, -0.15) is 4.68 Å². The van der Waals surface area contributed by atoms with Gasteiger partial charge in [-0.15, -0.1) is 0 Å². The van der Waals surface area contributed by atoms with E-state index in [1.54, 1.807) is 6.07 Å². The van der Waals surface area contributed by atoms with E-state index >= 15 is 0 Å². The number of nitro benzene ring substituents is 1. The number of benzene rings is 2. The lowest BCUT2D eigenvalue weighted by atomic mass is 9.88. The first-order valence-corrected chi connectivity index (χ1v) is 9.21. The van der Waals surface area contributed by atoms with Gasteiger partial charge in [0, 0.05) is 16.7 Å². The molecule has 2 heterocycles. The molecule has 1 N–H and O–H groups in total. The fourth-order valence-electron chi connectivity index (χ4n) is 3.32. The maximum atomic E-state index is 13.5. The smallest absolute Gasteiger partial charge is 0.355 e. The summed E-state index contributed by atoms with van der Waals surface area (Å²) in [6, 6.07) is 10.7. The van der Waals surface area contributed by atoms with Gasteiger partial charge in [0.25, 0.3) is 5.69 Å². The molecule has 0 amide bonds. The van der Waals surface area contributed by atoms with E-state index in [1.165, 1.54) is 47.1 Å². The molecule has 1 aromatic heterocycles. The van der Waals surface area contributed by atoms with E-state index in [0.717, 1.165) is 7.11 Å². The fourth-order valence-corrected chi connectivity index (χ4v) is 3.44. The van der Waals surface area contributed by atoms with Crippen molar-refractivity contribution in [3.63, 3.8) is 0 Å². The summed E-state index contributed by atoms with van der Waals surface area (Å²) in [6.07, 6.45) is 0. The van der Waals surface area contributed by atoms with Gasteiger partial charge in [-0.1, -0.05) is 28.8 Å². The van der Waals surface area contributed by atoms with Crippen LogP contribution in [0.2, 0.25) is 5.02 Å². The van der Waals surface area contributed by atoms with Crippen LogP contribution in [0.3, 0.4) is 0 Å². The number of hydrogen-bond acceptors (Lipinski definition) is 9. The summed E-state index contributed by atoms with van der Waals surface area (Å²) < 4.78 is 6.04. The fraction of sp³-hybridized carbons (Fsp3) is 0.105. The number of tetrazole rings is 1. The minimum atomic E-state index is -1.16. The molecule has 0 bridgehead atoms. The van der Waals surface area contributed by atoms with E-state index in [0.29, 0.717) is 5.02 Å². The number of esters is 1. The zero-order valence-electron chi connectivity index (χ0n) is 15.9. The van der Waals surface area contributed by atoms with Gasteiger partial charge in [-0.25, -0.2) is 4.79 Å². The maximum Gasteiger partial charge on any atom is 0.355 e. The molecule has 0 unspecified atom stereocenters. The summed E-state index contributed by atoms with van der Waals surface area (Å²) in [5, 5.41) is 26.1. The van der Waals surface area contributed by atoms with Gasteiger partial charge in [-0.05, 0) is 40.8 Å². The van der Waals surface area contributed by atoms with Crippen LogP contribution in [0, 0.1) is 10.1 Å². The Morgan fingerprint density at radius 3 is 2.58 bits per heavy atom. The van der Waals surface area contributed by atoms with E-state index in [9.17, 15) is 19.7 Å². The number of anilines is 1. The normalized spacial score (nSPS) is 15.1. The summed E-state index contributed by atoms with van der Waals surface area (Å²) in [5.41, 5.74) is -0.248. The van der Waals surface area contributed by atoms with Crippen LogP contribution in [0.5, 0.6) is 0 Å². The third kappa shape index (κ3) is 3.51. The number of carbonyl (C=O) groups is 2. The van der Waals surface area contributed by atoms with Crippen molar-refractivity contribution in [2.24, 2.45) is 0 Å². The highest BCUT2D eigenvalue weighted by Gasteiger charge is 2.41. The number of nitrogens with zero attached hydrogens (tertiary/aromatic N) is 5. The van der Waals surface area contributed by atoms with E-state index in [-0.39, 0.29) is 34.0 Å². The number of Topliss-reactive ketones (excluding diaryl/α,β-unsaturated/α-hetero) is 1. The maximum absolute atomic E-state index is 13.5. The first-order valence-electron chi connectivity index (χ1n) is 8.83. The number of nitro groups is 1. The molecule has 0 fully saturated rings. The van der Waals surface area contributed by atoms with E-state index in [4.69, 9.17) is 16.3 Å². The van der Waals surface area contributed by atoms with E-state index < -0.39 is 22.7 Å². The molecule has 0 saturated heterocycles.